The summed E-state index contributed by atoms with van der Waals surface area (Å²) >= 11 is 0. The van der Waals surface area contributed by atoms with Crippen molar-refractivity contribution in [1.82, 2.24) is 10.2 Å². The molecular weight excluding hydrogens is 350 g/mol. The molecule has 0 fully saturated rings. The van der Waals surface area contributed by atoms with Crippen molar-refractivity contribution in [2.24, 2.45) is 0 Å². The highest BCUT2D eigenvalue weighted by Crippen LogP contribution is 2.22. The predicted molar refractivity (Wildman–Crippen MR) is 115 cm³/mol. The van der Waals surface area contributed by atoms with Gasteiger partial charge in [0.1, 0.15) is 5.75 Å². The van der Waals surface area contributed by atoms with Crippen molar-refractivity contribution in [1.29, 1.82) is 0 Å². The SMILES string of the molecule is CCCCCCCCCCCCCCCOc1ccc(-c2nnc(N)o2)cc1. The van der Waals surface area contributed by atoms with E-state index in [1.807, 2.05) is 24.3 Å². The van der Waals surface area contributed by atoms with Gasteiger partial charge in [0.05, 0.1) is 6.61 Å². The zero-order chi connectivity index (χ0) is 19.9. The molecule has 5 nitrogen and oxygen atoms in total. The van der Waals surface area contributed by atoms with Gasteiger partial charge in [-0.3, -0.25) is 0 Å². The molecule has 2 N–H and O–H groups in total. The fourth-order valence-electron chi connectivity index (χ4n) is 3.35. The monoisotopic (exact) mass is 387 g/mol. The summed E-state index contributed by atoms with van der Waals surface area (Å²) < 4.78 is 11.0. The summed E-state index contributed by atoms with van der Waals surface area (Å²) in [7, 11) is 0. The molecule has 0 aliphatic heterocycles. The van der Waals surface area contributed by atoms with Crippen LogP contribution in [0.4, 0.5) is 6.01 Å². The summed E-state index contributed by atoms with van der Waals surface area (Å²) in [4.78, 5) is 0. The number of hydrogen-bond acceptors (Lipinski definition) is 5. The van der Waals surface area contributed by atoms with E-state index in [-0.39, 0.29) is 6.01 Å². The molecule has 5 heteroatoms. The fourth-order valence-corrected chi connectivity index (χ4v) is 3.35. The molecule has 1 aromatic heterocycles. The Bertz CT molecular complexity index is 625. The molecule has 0 atom stereocenters. The molecule has 28 heavy (non-hydrogen) atoms. The minimum atomic E-state index is 0.0812. The molecule has 2 aromatic rings. The van der Waals surface area contributed by atoms with Crippen LogP contribution >= 0.6 is 0 Å². The lowest BCUT2D eigenvalue weighted by Gasteiger charge is -2.06. The van der Waals surface area contributed by atoms with Gasteiger partial charge in [0.25, 0.3) is 0 Å². The number of rotatable bonds is 16. The zero-order valence-electron chi connectivity index (χ0n) is 17.5. The van der Waals surface area contributed by atoms with Gasteiger partial charge in [0.15, 0.2) is 0 Å². The fraction of sp³-hybridized carbons (Fsp3) is 0.652. The number of hydrogen-bond donors (Lipinski definition) is 1. The van der Waals surface area contributed by atoms with Crippen LogP contribution in [0, 0.1) is 0 Å². The number of unbranched alkanes of at least 4 members (excludes halogenated alkanes) is 12. The third-order valence-electron chi connectivity index (χ3n) is 5.06. The Morgan fingerprint density at radius 3 is 1.79 bits per heavy atom. The maximum atomic E-state index is 5.81. The zero-order valence-corrected chi connectivity index (χ0v) is 17.5. The van der Waals surface area contributed by atoms with E-state index in [2.05, 4.69) is 17.1 Å². The normalized spacial score (nSPS) is 11.0. The second kappa shape index (κ2) is 14.0. The van der Waals surface area contributed by atoms with Crippen LogP contribution in [0.1, 0.15) is 90.4 Å². The van der Waals surface area contributed by atoms with Crippen LogP contribution in [0.5, 0.6) is 5.75 Å². The first-order chi connectivity index (χ1) is 13.8. The second-order valence-electron chi connectivity index (χ2n) is 7.56. The van der Waals surface area contributed by atoms with E-state index in [0.717, 1.165) is 24.3 Å². The number of nitrogens with two attached hydrogens (primary N) is 1. The lowest BCUT2D eigenvalue weighted by atomic mass is 10.0. The molecule has 0 unspecified atom stereocenters. The number of aromatic nitrogens is 2. The minimum absolute atomic E-state index is 0.0812. The van der Waals surface area contributed by atoms with E-state index in [9.17, 15) is 0 Å². The van der Waals surface area contributed by atoms with Crippen LogP contribution in [-0.4, -0.2) is 16.8 Å². The van der Waals surface area contributed by atoms with Crippen molar-refractivity contribution >= 4 is 6.01 Å². The van der Waals surface area contributed by atoms with E-state index in [0.29, 0.717) is 5.89 Å². The highest BCUT2D eigenvalue weighted by Gasteiger charge is 2.06. The van der Waals surface area contributed by atoms with Gasteiger partial charge in [-0.1, -0.05) is 89.1 Å². The van der Waals surface area contributed by atoms with Gasteiger partial charge in [-0.25, -0.2) is 0 Å². The average molecular weight is 388 g/mol. The third kappa shape index (κ3) is 9.25. The molecule has 0 aliphatic carbocycles. The Labute approximate surface area is 170 Å². The van der Waals surface area contributed by atoms with Crippen LogP contribution < -0.4 is 10.5 Å². The first-order valence-electron chi connectivity index (χ1n) is 11.1. The maximum absolute atomic E-state index is 5.81. The van der Waals surface area contributed by atoms with Gasteiger partial charge >= 0.3 is 6.01 Å². The van der Waals surface area contributed by atoms with Crippen molar-refractivity contribution in [2.75, 3.05) is 12.3 Å². The second-order valence-corrected chi connectivity index (χ2v) is 7.56. The van der Waals surface area contributed by atoms with Crippen molar-refractivity contribution in [3.8, 4) is 17.2 Å². The Morgan fingerprint density at radius 1 is 0.750 bits per heavy atom. The lowest BCUT2D eigenvalue weighted by molar-refractivity contribution is 0.304. The highest BCUT2D eigenvalue weighted by molar-refractivity contribution is 5.54. The topological polar surface area (TPSA) is 74.2 Å². The van der Waals surface area contributed by atoms with Crippen LogP contribution in [0.25, 0.3) is 11.5 Å². The molecular formula is C23H37N3O2. The molecule has 0 aliphatic rings. The van der Waals surface area contributed by atoms with Gasteiger partial charge < -0.3 is 14.9 Å². The summed E-state index contributed by atoms with van der Waals surface area (Å²) in [6, 6.07) is 7.76. The summed E-state index contributed by atoms with van der Waals surface area (Å²) in [5, 5.41) is 7.54. The molecule has 1 heterocycles. The highest BCUT2D eigenvalue weighted by atomic mass is 16.5. The Balaban J connectivity index is 1.41. The molecule has 0 saturated heterocycles. The van der Waals surface area contributed by atoms with Gasteiger partial charge in [-0.2, -0.15) is 0 Å². The minimum Gasteiger partial charge on any atom is -0.494 e. The summed E-state index contributed by atoms with van der Waals surface area (Å²) in [6.45, 7) is 3.05. The summed E-state index contributed by atoms with van der Waals surface area (Å²) in [5.74, 6) is 1.30. The van der Waals surface area contributed by atoms with Crippen molar-refractivity contribution in [3.63, 3.8) is 0 Å². The standard InChI is InChI=1S/C23H37N3O2/c1-2-3-4-5-6-7-8-9-10-11-12-13-14-19-27-21-17-15-20(16-18-21)22-25-26-23(24)28-22/h15-18H,2-14,19H2,1H3,(H2,24,26). The number of nitrogen functional groups attached to an aromatic ring is 1. The summed E-state index contributed by atoms with van der Waals surface area (Å²) in [6.07, 6.45) is 17.7. The van der Waals surface area contributed by atoms with Crippen LogP contribution in [0.2, 0.25) is 0 Å². The predicted octanol–water partition coefficient (Wildman–Crippen LogP) is 6.79. The van der Waals surface area contributed by atoms with Crippen LogP contribution in [0.15, 0.2) is 28.7 Å². The molecule has 0 saturated carbocycles. The van der Waals surface area contributed by atoms with Gasteiger partial charge in [-0.15, -0.1) is 5.10 Å². The largest absolute Gasteiger partial charge is 0.494 e. The van der Waals surface area contributed by atoms with Crippen molar-refractivity contribution < 1.29 is 9.15 Å². The lowest BCUT2D eigenvalue weighted by Crippen LogP contribution is -1.97. The van der Waals surface area contributed by atoms with Crippen molar-refractivity contribution in [2.45, 2.75) is 90.4 Å². The number of benzene rings is 1. The summed E-state index contributed by atoms with van der Waals surface area (Å²) in [5.41, 5.74) is 6.29. The third-order valence-corrected chi connectivity index (χ3v) is 5.06. The van der Waals surface area contributed by atoms with E-state index in [4.69, 9.17) is 14.9 Å². The molecule has 1 aromatic carbocycles. The smallest absolute Gasteiger partial charge is 0.313 e. The molecule has 0 spiro atoms. The van der Waals surface area contributed by atoms with Gasteiger partial charge in [0.2, 0.25) is 5.89 Å². The Kier molecular flexibility index (Phi) is 11.1. The Hall–Kier alpha value is -2.04. The molecule has 2 rings (SSSR count). The number of ether oxygens (including phenoxy) is 1. The maximum Gasteiger partial charge on any atom is 0.313 e. The van der Waals surface area contributed by atoms with E-state index in [1.165, 1.54) is 77.0 Å². The molecule has 0 bridgehead atoms. The van der Waals surface area contributed by atoms with Gasteiger partial charge in [-0.05, 0) is 30.7 Å². The Morgan fingerprint density at radius 2 is 1.29 bits per heavy atom. The van der Waals surface area contributed by atoms with Gasteiger partial charge in [0, 0.05) is 5.56 Å². The average Bonchev–Trinajstić information content (AvgIpc) is 3.15. The molecule has 0 amide bonds. The number of nitrogens with zero attached hydrogens (tertiary/aromatic N) is 2. The number of anilines is 1. The first-order valence-corrected chi connectivity index (χ1v) is 11.1. The molecule has 156 valence electrons. The van der Waals surface area contributed by atoms with Crippen molar-refractivity contribution in [3.05, 3.63) is 24.3 Å². The van der Waals surface area contributed by atoms with E-state index < -0.39 is 0 Å². The van der Waals surface area contributed by atoms with Crippen LogP contribution in [-0.2, 0) is 0 Å². The molecule has 0 radical (unpaired) electrons. The first kappa shape index (κ1) is 22.3. The quantitative estimate of drug-likeness (QED) is 0.321. The van der Waals surface area contributed by atoms with E-state index in [1.54, 1.807) is 0 Å². The van der Waals surface area contributed by atoms with E-state index >= 15 is 0 Å². The van der Waals surface area contributed by atoms with Crippen LogP contribution in [0.3, 0.4) is 0 Å².